The van der Waals surface area contributed by atoms with E-state index in [0.29, 0.717) is 5.92 Å². The molecule has 0 aliphatic heterocycles. The number of benzene rings is 1. The van der Waals surface area contributed by atoms with Gasteiger partial charge in [0.2, 0.25) is 0 Å². The number of fused-ring (bicyclic) bond motifs is 1. The molecule has 0 heteroatoms. The largest absolute Gasteiger partial charge is 0.0870 e. The van der Waals surface area contributed by atoms with Crippen LogP contribution >= 0.6 is 0 Å². The van der Waals surface area contributed by atoms with E-state index >= 15 is 0 Å². The van der Waals surface area contributed by atoms with Crippen LogP contribution in [0.4, 0.5) is 0 Å². The van der Waals surface area contributed by atoms with Gasteiger partial charge in [0, 0.05) is 5.92 Å². The Kier molecular flexibility index (Phi) is 2.99. The Balaban J connectivity index is 2.64. The highest BCUT2D eigenvalue weighted by Gasteiger charge is 2.35. The summed E-state index contributed by atoms with van der Waals surface area (Å²) in [5, 5.41) is 0. The molecule has 90 valence electrons. The van der Waals surface area contributed by atoms with E-state index in [1.807, 2.05) is 0 Å². The van der Waals surface area contributed by atoms with Crippen LogP contribution in [0.3, 0.4) is 0 Å². The van der Waals surface area contributed by atoms with E-state index in [-0.39, 0.29) is 5.41 Å². The molecule has 2 rings (SSSR count). The highest BCUT2D eigenvalue weighted by Crippen LogP contribution is 2.50. The van der Waals surface area contributed by atoms with E-state index in [9.17, 15) is 0 Å². The lowest BCUT2D eigenvalue weighted by Gasteiger charge is -2.29. The Morgan fingerprint density at radius 2 is 1.76 bits per heavy atom. The van der Waals surface area contributed by atoms with Gasteiger partial charge in [-0.15, -0.1) is 0 Å². The molecule has 1 atom stereocenters. The van der Waals surface area contributed by atoms with E-state index in [4.69, 9.17) is 0 Å². The first-order chi connectivity index (χ1) is 7.96. The highest BCUT2D eigenvalue weighted by atomic mass is 14.4. The Bertz CT molecular complexity index is 481. The number of hydrogen-bond donors (Lipinski definition) is 0. The van der Waals surface area contributed by atoms with Crippen molar-refractivity contribution >= 4 is 5.57 Å². The predicted molar refractivity (Wildman–Crippen MR) is 76.0 cm³/mol. The molecule has 0 heterocycles. The van der Waals surface area contributed by atoms with Gasteiger partial charge in [-0.3, -0.25) is 0 Å². The molecule has 0 fully saturated rings. The van der Waals surface area contributed by atoms with Crippen LogP contribution in [0.2, 0.25) is 0 Å². The summed E-state index contributed by atoms with van der Waals surface area (Å²) in [5.74, 6) is 0.546. The molecule has 0 radical (unpaired) electrons. The molecular weight excluding hydrogens is 204 g/mol. The summed E-state index contributed by atoms with van der Waals surface area (Å²) in [6, 6.07) is 8.83. The van der Waals surface area contributed by atoms with Gasteiger partial charge in [-0.2, -0.15) is 0 Å². The second-order valence-electron chi connectivity index (χ2n) is 5.98. The lowest BCUT2D eigenvalue weighted by atomic mass is 9.75. The lowest BCUT2D eigenvalue weighted by Crippen LogP contribution is -2.17. The van der Waals surface area contributed by atoms with Crippen molar-refractivity contribution in [1.29, 1.82) is 0 Å². The zero-order valence-electron chi connectivity index (χ0n) is 11.5. The van der Waals surface area contributed by atoms with E-state index in [1.54, 1.807) is 0 Å². The molecule has 0 saturated carbocycles. The molecule has 17 heavy (non-hydrogen) atoms. The van der Waals surface area contributed by atoms with Gasteiger partial charge in [0.15, 0.2) is 0 Å². The van der Waals surface area contributed by atoms with Crippen molar-refractivity contribution in [2.24, 2.45) is 5.41 Å². The summed E-state index contributed by atoms with van der Waals surface area (Å²) >= 11 is 0. The Labute approximate surface area is 105 Å². The molecule has 0 N–H and O–H groups in total. The second-order valence-corrected chi connectivity index (χ2v) is 5.98. The summed E-state index contributed by atoms with van der Waals surface area (Å²) in [5.41, 5.74) is 6.12. The molecule has 0 spiro atoms. The van der Waals surface area contributed by atoms with Crippen LogP contribution in [0.25, 0.3) is 5.57 Å². The third kappa shape index (κ3) is 1.97. The molecule has 0 nitrogen and oxygen atoms in total. The van der Waals surface area contributed by atoms with Crippen molar-refractivity contribution in [1.82, 2.24) is 0 Å². The molecule has 0 aromatic heterocycles. The zero-order valence-corrected chi connectivity index (χ0v) is 11.5. The molecule has 0 saturated heterocycles. The number of allylic oxidation sites excluding steroid dienone is 4. The van der Waals surface area contributed by atoms with Crippen molar-refractivity contribution < 1.29 is 0 Å². The second kappa shape index (κ2) is 4.18. The predicted octanol–water partition coefficient (Wildman–Crippen LogP) is 5.18. The van der Waals surface area contributed by atoms with Crippen molar-refractivity contribution in [3.05, 3.63) is 53.1 Å². The fourth-order valence-corrected chi connectivity index (χ4v) is 3.10. The molecule has 0 bridgehead atoms. The van der Waals surface area contributed by atoms with Gasteiger partial charge in [-0.05, 0) is 36.0 Å². The van der Waals surface area contributed by atoms with Crippen LogP contribution in [0, 0.1) is 5.41 Å². The summed E-state index contributed by atoms with van der Waals surface area (Å²) < 4.78 is 0. The third-order valence-corrected chi connectivity index (χ3v) is 3.62. The monoisotopic (exact) mass is 226 g/mol. The van der Waals surface area contributed by atoms with Gasteiger partial charge in [0.05, 0.1) is 0 Å². The first-order valence-electron chi connectivity index (χ1n) is 6.39. The number of rotatable bonds is 1. The van der Waals surface area contributed by atoms with Gasteiger partial charge in [-0.25, -0.2) is 0 Å². The molecule has 0 amide bonds. The van der Waals surface area contributed by atoms with Crippen LogP contribution < -0.4 is 0 Å². The topological polar surface area (TPSA) is 0 Å². The van der Waals surface area contributed by atoms with Crippen LogP contribution in [-0.4, -0.2) is 0 Å². The highest BCUT2D eigenvalue weighted by molar-refractivity contribution is 5.84. The summed E-state index contributed by atoms with van der Waals surface area (Å²) in [6.07, 6.45) is 4.39. The fourth-order valence-electron chi connectivity index (χ4n) is 3.10. The SMILES string of the molecule is C/C=C\C1=C(C)C(C(C)(C)C)c2ccccc21. The first kappa shape index (κ1) is 12.2. The van der Waals surface area contributed by atoms with E-state index in [2.05, 4.69) is 71.0 Å². The fraction of sp³-hybridized carbons (Fsp3) is 0.412. The normalized spacial score (nSPS) is 20.2. The standard InChI is InChI=1S/C17H22/c1-6-9-13-12(2)16(17(3,4)5)15-11-8-7-10-14(13)15/h6-11,16H,1-5H3/b9-6-. The Hall–Kier alpha value is -1.30. The van der Waals surface area contributed by atoms with Gasteiger partial charge >= 0.3 is 0 Å². The molecule has 1 aromatic rings. The van der Waals surface area contributed by atoms with Crippen LogP contribution in [-0.2, 0) is 0 Å². The minimum Gasteiger partial charge on any atom is -0.0870 e. The van der Waals surface area contributed by atoms with Crippen molar-refractivity contribution in [2.75, 3.05) is 0 Å². The summed E-state index contributed by atoms with van der Waals surface area (Å²) in [7, 11) is 0. The summed E-state index contributed by atoms with van der Waals surface area (Å²) in [6.45, 7) is 11.4. The van der Waals surface area contributed by atoms with Gasteiger partial charge in [0.1, 0.15) is 0 Å². The van der Waals surface area contributed by atoms with Gasteiger partial charge < -0.3 is 0 Å². The van der Waals surface area contributed by atoms with Crippen LogP contribution in [0.15, 0.2) is 42.0 Å². The van der Waals surface area contributed by atoms with Gasteiger partial charge in [0.25, 0.3) is 0 Å². The average Bonchev–Trinajstić information content (AvgIpc) is 2.52. The van der Waals surface area contributed by atoms with Crippen LogP contribution in [0.5, 0.6) is 0 Å². The maximum atomic E-state index is 2.33. The molecular formula is C17H22. The molecule has 1 aliphatic carbocycles. The molecule has 1 unspecified atom stereocenters. The van der Waals surface area contributed by atoms with E-state index < -0.39 is 0 Å². The van der Waals surface area contributed by atoms with Crippen molar-refractivity contribution in [3.8, 4) is 0 Å². The van der Waals surface area contributed by atoms with E-state index in [0.717, 1.165) is 0 Å². The quantitative estimate of drug-likeness (QED) is 0.619. The van der Waals surface area contributed by atoms with Gasteiger partial charge in [-0.1, -0.05) is 62.8 Å². The first-order valence-corrected chi connectivity index (χ1v) is 6.39. The van der Waals surface area contributed by atoms with Crippen LogP contribution in [0.1, 0.15) is 51.7 Å². The maximum Gasteiger partial charge on any atom is 0.0109 e. The molecule has 1 aromatic carbocycles. The third-order valence-electron chi connectivity index (χ3n) is 3.62. The maximum absolute atomic E-state index is 2.33. The smallest absolute Gasteiger partial charge is 0.0109 e. The molecule has 1 aliphatic rings. The summed E-state index contributed by atoms with van der Waals surface area (Å²) in [4.78, 5) is 0. The zero-order chi connectivity index (χ0) is 12.6. The van der Waals surface area contributed by atoms with Crippen molar-refractivity contribution in [3.63, 3.8) is 0 Å². The van der Waals surface area contributed by atoms with E-state index in [1.165, 1.54) is 22.3 Å². The Morgan fingerprint density at radius 3 is 2.35 bits per heavy atom. The lowest BCUT2D eigenvalue weighted by molar-refractivity contribution is 0.358. The average molecular weight is 226 g/mol. The Morgan fingerprint density at radius 1 is 1.12 bits per heavy atom. The minimum atomic E-state index is 0.281. The number of hydrogen-bond acceptors (Lipinski definition) is 0. The van der Waals surface area contributed by atoms with Crippen molar-refractivity contribution in [2.45, 2.75) is 40.5 Å². The minimum absolute atomic E-state index is 0.281.